The van der Waals surface area contributed by atoms with Gasteiger partial charge in [0, 0.05) is 11.6 Å². The van der Waals surface area contributed by atoms with Crippen molar-refractivity contribution < 1.29 is 14.3 Å². The maximum absolute atomic E-state index is 13.8. The third-order valence-corrected chi connectivity index (χ3v) is 6.78. The Labute approximate surface area is 159 Å². The molecular weight excluding hydrogens is 340 g/mol. The molecule has 2 heterocycles. The molecule has 2 aliphatic rings. The van der Waals surface area contributed by atoms with Crippen LogP contribution in [0.2, 0.25) is 0 Å². The molecule has 1 aromatic heterocycles. The lowest BCUT2D eigenvalue weighted by atomic mass is 9.66. The van der Waals surface area contributed by atoms with E-state index in [4.69, 9.17) is 4.74 Å². The summed E-state index contributed by atoms with van der Waals surface area (Å²) in [4.78, 5) is 32.5. The summed E-state index contributed by atoms with van der Waals surface area (Å²) in [6.07, 6.45) is 2.87. The predicted molar refractivity (Wildman–Crippen MR) is 102 cm³/mol. The van der Waals surface area contributed by atoms with Crippen LogP contribution >= 0.6 is 0 Å². The maximum Gasteiger partial charge on any atom is 0.313 e. The number of aromatic nitrogens is 1. The molecule has 1 saturated carbocycles. The highest BCUT2D eigenvalue weighted by atomic mass is 16.6. The van der Waals surface area contributed by atoms with Gasteiger partial charge in [-0.15, -0.1) is 0 Å². The van der Waals surface area contributed by atoms with Crippen LogP contribution in [0.15, 0.2) is 54.7 Å². The zero-order valence-corrected chi connectivity index (χ0v) is 15.9. The van der Waals surface area contributed by atoms with E-state index < -0.39 is 16.4 Å². The number of rotatable bonds is 4. The Kier molecular flexibility index (Phi) is 3.88. The molecule has 1 amide bonds. The summed E-state index contributed by atoms with van der Waals surface area (Å²) < 4.78 is 5.81. The second kappa shape index (κ2) is 5.91. The fraction of sp³-hybridized carbons (Fsp3) is 0.409. The van der Waals surface area contributed by atoms with E-state index in [0.29, 0.717) is 25.2 Å². The second-order valence-corrected chi connectivity index (χ2v) is 8.24. The molecule has 5 heteroatoms. The van der Waals surface area contributed by atoms with E-state index in [1.54, 1.807) is 11.1 Å². The Hall–Kier alpha value is -2.69. The first-order valence-electron chi connectivity index (χ1n) is 9.32. The van der Waals surface area contributed by atoms with Crippen molar-refractivity contribution in [2.24, 2.45) is 10.8 Å². The number of anilines is 1. The fourth-order valence-electron chi connectivity index (χ4n) is 4.48. The molecule has 2 unspecified atom stereocenters. The summed E-state index contributed by atoms with van der Waals surface area (Å²) in [6, 6.07) is 15.3. The number of carbonyl (C=O) groups excluding carboxylic acids is 2. The smallest absolute Gasteiger partial charge is 0.313 e. The van der Waals surface area contributed by atoms with E-state index in [0.717, 1.165) is 5.56 Å². The van der Waals surface area contributed by atoms with Crippen molar-refractivity contribution in [3.8, 4) is 0 Å². The Bertz CT molecular complexity index is 881. The monoisotopic (exact) mass is 364 g/mol. The third-order valence-electron chi connectivity index (χ3n) is 6.78. The molecule has 4 rings (SSSR count). The molecule has 2 atom stereocenters. The van der Waals surface area contributed by atoms with Gasteiger partial charge in [0.25, 0.3) is 5.91 Å². The van der Waals surface area contributed by atoms with Crippen LogP contribution in [0.3, 0.4) is 0 Å². The first kappa shape index (κ1) is 17.7. The minimum atomic E-state index is -1.15. The van der Waals surface area contributed by atoms with Gasteiger partial charge in [-0.1, -0.05) is 50.2 Å². The van der Waals surface area contributed by atoms with Gasteiger partial charge >= 0.3 is 5.97 Å². The molecule has 1 aromatic carbocycles. The summed E-state index contributed by atoms with van der Waals surface area (Å²) in [5, 5.41) is 0. The Morgan fingerprint density at radius 1 is 1.07 bits per heavy atom. The summed E-state index contributed by atoms with van der Waals surface area (Å²) in [6.45, 7) is 6.24. The highest BCUT2D eigenvalue weighted by molar-refractivity contribution is 6.04. The number of amides is 1. The van der Waals surface area contributed by atoms with Gasteiger partial charge in [-0.25, -0.2) is 4.98 Å². The standard InChI is InChI=1S/C22H24N2O3/c1-20(2)21(3)12-13-22(20,27-19(21)26)18(25)24(17-11-7-8-14-23-17)15-16-9-5-4-6-10-16/h4-11,14H,12-13,15H2,1-3H3. The summed E-state index contributed by atoms with van der Waals surface area (Å²) >= 11 is 0. The Morgan fingerprint density at radius 2 is 1.78 bits per heavy atom. The van der Waals surface area contributed by atoms with Crippen molar-refractivity contribution in [2.75, 3.05) is 4.90 Å². The lowest BCUT2D eigenvalue weighted by molar-refractivity contribution is -0.167. The molecule has 0 radical (unpaired) electrons. The number of ether oxygens (including phenoxy) is 1. The van der Waals surface area contributed by atoms with Crippen LogP contribution in [0.25, 0.3) is 0 Å². The zero-order chi connectivity index (χ0) is 19.3. The largest absolute Gasteiger partial charge is 0.448 e. The van der Waals surface area contributed by atoms with Crippen molar-refractivity contribution in [2.45, 2.75) is 45.8 Å². The highest BCUT2D eigenvalue weighted by Gasteiger charge is 2.76. The minimum Gasteiger partial charge on any atom is -0.448 e. The summed E-state index contributed by atoms with van der Waals surface area (Å²) in [5.74, 6) is 0.102. The number of carbonyl (C=O) groups is 2. The Morgan fingerprint density at radius 3 is 2.33 bits per heavy atom. The van der Waals surface area contributed by atoms with Crippen LogP contribution in [-0.2, 0) is 20.9 Å². The van der Waals surface area contributed by atoms with Gasteiger partial charge in [0.1, 0.15) is 5.82 Å². The molecule has 1 aliphatic carbocycles. The SMILES string of the molecule is CC12CCC(C(=O)N(Cc3ccccc3)c3ccccn3)(OC1=O)C2(C)C. The number of pyridine rings is 1. The van der Waals surface area contributed by atoms with Gasteiger partial charge in [0.05, 0.1) is 12.0 Å². The first-order valence-corrected chi connectivity index (χ1v) is 9.32. The molecule has 2 aromatic rings. The predicted octanol–water partition coefficient (Wildman–Crippen LogP) is 3.74. The molecule has 2 bridgehead atoms. The van der Waals surface area contributed by atoms with Crippen LogP contribution in [0, 0.1) is 10.8 Å². The molecule has 5 nitrogen and oxygen atoms in total. The van der Waals surface area contributed by atoms with Gasteiger partial charge in [-0.2, -0.15) is 0 Å². The molecule has 1 saturated heterocycles. The van der Waals surface area contributed by atoms with E-state index in [2.05, 4.69) is 4.98 Å². The Balaban J connectivity index is 1.77. The van der Waals surface area contributed by atoms with Crippen molar-refractivity contribution in [3.05, 3.63) is 60.3 Å². The minimum absolute atomic E-state index is 0.190. The maximum atomic E-state index is 13.8. The van der Waals surface area contributed by atoms with Crippen molar-refractivity contribution in [1.82, 2.24) is 4.98 Å². The van der Waals surface area contributed by atoms with Crippen LogP contribution in [0.4, 0.5) is 5.82 Å². The van der Waals surface area contributed by atoms with Gasteiger partial charge in [-0.3, -0.25) is 14.5 Å². The molecule has 27 heavy (non-hydrogen) atoms. The number of fused-ring (bicyclic) bond motifs is 2. The molecule has 0 spiro atoms. The summed E-state index contributed by atoms with van der Waals surface area (Å²) in [7, 11) is 0. The number of hydrogen-bond donors (Lipinski definition) is 0. The number of esters is 1. The molecule has 0 N–H and O–H groups in total. The van der Waals surface area contributed by atoms with E-state index in [-0.39, 0.29) is 11.9 Å². The summed E-state index contributed by atoms with van der Waals surface area (Å²) in [5.41, 5.74) is -1.37. The van der Waals surface area contributed by atoms with Gasteiger partial charge in [0.15, 0.2) is 5.60 Å². The first-order chi connectivity index (χ1) is 12.8. The van der Waals surface area contributed by atoms with Crippen LogP contribution in [0.5, 0.6) is 0 Å². The average Bonchev–Trinajstić information content (AvgIpc) is 2.97. The molecule has 2 fully saturated rings. The van der Waals surface area contributed by atoms with E-state index >= 15 is 0 Å². The van der Waals surface area contributed by atoms with Crippen molar-refractivity contribution in [1.29, 1.82) is 0 Å². The van der Waals surface area contributed by atoms with Crippen molar-refractivity contribution in [3.63, 3.8) is 0 Å². The van der Waals surface area contributed by atoms with Gasteiger partial charge < -0.3 is 4.74 Å². The lowest BCUT2D eigenvalue weighted by Gasteiger charge is -2.38. The van der Waals surface area contributed by atoms with Crippen LogP contribution < -0.4 is 4.90 Å². The lowest BCUT2D eigenvalue weighted by Crippen LogP contribution is -2.55. The average molecular weight is 364 g/mol. The third kappa shape index (κ3) is 2.34. The van der Waals surface area contributed by atoms with E-state index in [9.17, 15) is 9.59 Å². The van der Waals surface area contributed by atoms with Gasteiger partial charge in [-0.05, 0) is 37.5 Å². The molecule has 140 valence electrons. The molecular formula is C22H24N2O3. The van der Waals surface area contributed by atoms with Gasteiger partial charge in [0.2, 0.25) is 0 Å². The second-order valence-electron chi connectivity index (χ2n) is 8.24. The topological polar surface area (TPSA) is 59.5 Å². The molecule has 1 aliphatic heterocycles. The fourth-order valence-corrected chi connectivity index (χ4v) is 4.48. The van der Waals surface area contributed by atoms with Crippen LogP contribution in [0.1, 0.15) is 39.2 Å². The van der Waals surface area contributed by atoms with E-state index in [1.165, 1.54) is 0 Å². The highest BCUT2D eigenvalue weighted by Crippen LogP contribution is 2.66. The number of hydrogen-bond acceptors (Lipinski definition) is 4. The van der Waals surface area contributed by atoms with Crippen molar-refractivity contribution >= 4 is 17.7 Å². The quantitative estimate of drug-likeness (QED) is 0.776. The van der Waals surface area contributed by atoms with E-state index in [1.807, 2.05) is 69.3 Å². The number of benzene rings is 1. The zero-order valence-electron chi connectivity index (χ0n) is 15.9. The normalized spacial score (nSPS) is 28.0. The van der Waals surface area contributed by atoms with Crippen LogP contribution in [-0.4, -0.2) is 22.5 Å². The number of nitrogens with zero attached hydrogens (tertiary/aromatic N) is 2.